The van der Waals surface area contributed by atoms with Crippen molar-refractivity contribution in [2.75, 3.05) is 0 Å². The molecule has 0 aromatic heterocycles. The van der Waals surface area contributed by atoms with Crippen molar-refractivity contribution in [3.8, 4) is 0 Å². The smallest absolute Gasteiger partial charge is 0.259 e. The predicted molar refractivity (Wildman–Crippen MR) is 81.7 cm³/mol. The Bertz CT molecular complexity index is 584. The lowest BCUT2D eigenvalue weighted by atomic mass is 9.90. The van der Waals surface area contributed by atoms with Gasteiger partial charge in [0.15, 0.2) is 11.5 Å². The molecule has 1 aliphatic heterocycles. The summed E-state index contributed by atoms with van der Waals surface area (Å²) in [4.78, 5) is 16.9. The molecule has 0 saturated heterocycles. The van der Waals surface area contributed by atoms with E-state index in [1.807, 2.05) is 52.8 Å². The van der Waals surface area contributed by atoms with Crippen molar-refractivity contribution in [1.29, 1.82) is 0 Å². The first-order chi connectivity index (χ1) is 9.12. The highest BCUT2D eigenvalue weighted by atomic mass is 16.2. The van der Waals surface area contributed by atoms with Crippen LogP contribution in [0.1, 0.15) is 44.4 Å². The Morgan fingerprint density at radius 3 is 2.40 bits per heavy atom. The van der Waals surface area contributed by atoms with Crippen LogP contribution in [0.2, 0.25) is 0 Å². The number of nitrogens with zero attached hydrogens (tertiary/aromatic N) is 1. The van der Waals surface area contributed by atoms with Crippen LogP contribution in [-0.4, -0.2) is 17.4 Å². The molecule has 0 aliphatic carbocycles. The first kappa shape index (κ1) is 14.6. The highest BCUT2D eigenvalue weighted by Crippen LogP contribution is 2.30. The van der Waals surface area contributed by atoms with Gasteiger partial charge < -0.3 is 5.32 Å². The van der Waals surface area contributed by atoms with E-state index in [0.717, 1.165) is 5.56 Å². The molecule has 20 heavy (non-hydrogen) atoms. The fraction of sp³-hybridized carbons (Fsp3) is 0.500. The number of aliphatic imine (C=N–C) groups is 1. The molecule has 0 bridgehead atoms. The van der Waals surface area contributed by atoms with Gasteiger partial charge in [-0.25, -0.2) is 4.99 Å². The molecule has 1 aromatic carbocycles. The van der Waals surface area contributed by atoms with Gasteiger partial charge >= 0.3 is 0 Å². The molecule has 1 amide bonds. The van der Waals surface area contributed by atoms with Crippen molar-refractivity contribution in [1.82, 2.24) is 10.6 Å². The van der Waals surface area contributed by atoms with Gasteiger partial charge in [0.2, 0.25) is 0 Å². The summed E-state index contributed by atoms with van der Waals surface area (Å²) in [5, 5.41) is 6.05. The summed E-state index contributed by atoms with van der Waals surface area (Å²) in [7, 11) is 0. The fourth-order valence-corrected chi connectivity index (χ4v) is 2.19. The van der Waals surface area contributed by atoms with E-state index in [9.17, 15) is 4.79 Å². The standard InChI is InChI=1S/C16H23N3O/c1-10-7-8-12(9-11(10)2)16(6)13(20)17-14(19-16)18-15(3,4)5/h7-9H,1-6H3,(H2,17,18,19,20). The van der Waals surface area contributed by atoms with Crippen LogP contribution in [0.15, 0.2) is 23.2 Å². The second-order valence-corrected chi connectivity index (χ2v) is 6.66. The highest BCUT2D eigenvalue weighted by Gasteiger charge is 2.41. The Labute approximate surface area is 120 Å². The number of aryl methyl sites for hydroxylation is 2. The monoisotopic (exact) mass is 273 g/mol. The summed E-state index contributed by atoms with van der Waals surface area (Å²) >= 11 is 0. The highest BCUT2D eigenvalue weighted by molar-refractivity contribution is 6.07. The summed E-state index contributed by atoms with van der Waals surface area (Å²) in [6.07, 6.45) is 0. The van der Waals surface area contributed by atoms with E-state index in [1.54, 1.807) is 0 Å². The molecule has 0 fully saturated rings. The number of carbonyl (C=O) groups excluding carboxylic acids is 1. The number of rotatable bonds is 1. The zero-order valence-electron chi connectivity index (χ0n) is 13.1. The fourth-order valence-electron chi connectivity index (χ4n) is 2.19. The van der Waals surface area contributed by atoms with Crippen LogP contribution in [0.3, 0.4) is 0 Å². The molecule has 108 valence electrons. The van der Waals surface area contributed by atoms with Gasteiger partial charge in [-0.2, -0.15) is 0 Å². The average Bonchev–Trinajstić information content (AvgIpc) is 2.56. The van der Waals surface area contributed by atoms with Crippen LogP contribution in [-0.2, 0) is 10.3 Å². The average molecular weight is 273 g/mol. The Hall–Kier alpha value is -1.84. The maximum atomic E-state index is 12.3. The van der Waals surface area contributed by atoms with Gasteiger partial charge in [0.05, 0.1) is 0 Å². The van der Waals surface area contributed by atoms with Gasteiger partial charge in [-0.3, -0.25) is 10.1 Å². The number of hydrogen-bond donors (Lipinski definition) is 2. The SMILES string of the molecule is Cc1ccc(C2(C)N=C(NC(C)(C)C)NC2=O)cc1C. The molecule has 1 aliphatic rings. The number of nitrogens with one attached hydrogen (secondary N) is 2. The molecular formula is C16H23N3O. The van der Waals surface area contributed by atoms with E-state index < -0.39 is 5.54 Å². The number of amides is 1. The van der Waals surface area contributed by atoms with Crippen molar-refractivity contribution in [3.63, 3.8) is 0 Å². The lowest BCUT2D eigenvalue weighted by Crippen LogP contribution is -2.47. The lowest BCUT2D eigenvalue weighted by Gasteiger charge is -2.21. The first-order valence-corrected chi connectivity index (χ1v) is 6.89. The van der Waals surface area contributed by atoms with Gasteiger partial charge in [0, 0.05) is 5.54 Å². The second-order valence-electron chi connectivity index (χ2n) is 6.66. The van der Waals surface area contributed by atoms with E-state index in [1.165, 1.54) is 11.1 Å². The molecule has 4 heteroatoms. The Kier molecular flexibility index (Phi) is 3.36. The second kappa shape index (κ2) is 4.62. The van der Waals surface area contributed by atoms with Crippen LogP contribution in [0.25, 0.3) is 0 Å². The number of guanidine groups is 1. The van der Waals surface area contributed by atoms with Gasteiger partial charge in [-0.15, -0.1) is 0 Å². The molecule has 1 heterocycles. The molecule has 4 nitrogen and oxygen atoms in total. The third-order valence-electron chi connectivity index (χ3n) is 3.57. The maximum absolute atomic E-state index is 12.3. The molecule has 0 saturated carbocycles. The van der Waals surface area contributed by atoms with Crippen LogP contribution >= 0.6 is 0 Å². The predicted octanol–water partition coefficient (Wildman–Crippen LogP) is 2.39. The van der Waals surface area contributed by atoms with Crippen LogP contribution in [0.4, 0.5) is 0 Å². The Balaban J connectivity index is 2.38. The van der Waals surface area contributed by atoms with Crippen LogP contribution in [0.5, 0.6) is 0 Å². The molecule has 0 spiro atoms. The van der Waals surface area contributed by atoms with E-state index in [4.69, 9.17) is 0 Å². The molecule has 2 rings (SSSR count). The molecule has 1 atom stereocenters. The van der Waals surface area contributed by atoms with Crippen molar-refractivity contribution >= 4 is 11.9 Å². The first-order valence-electron chi connectivity index (χ1n) is 6.89. The van der Waals surface area contributed by atoms with Gasteiger partial charge in [0.25, 0.3) is 5.91 Å². The van der Waals surface area contributed by atoms with Crippen LogP contribution < -0.4 is 10.6 Å². The minimum atomic E-state index is -0.855. The minimum absolute atomic E-state index is 0.0903. The summed E-state index contributed by atoms with van der Waals surface area (Å²) in [5.41, 5.74) is 2.31. The normalized spacial score (nSPS) is 22.5. The maximum Gasteiger partial charge on any atom is 0.259 e. The van der Waals surface area contributed by atoms with Crippen molar-refractivity contribution in [3.05, 3.63) is 34.9 Å². The van der Waals surface area contributed by atoms with E-state index in [2.05, 4.69) is 22.5 Å². The number of hydrogen-bond acceptors (Lipinski definition) is 3. The zero-order chi connectivity index (χ0) is 15.1. The topological polar surface area (TPSA) is 53.5 Å². The Morgan fingerprint density at radius 2 is 1.85 bits per heavy atom. The lowest BCUT2D eigenvalue weighted by molar-refractivity contribution is -0.123. The third kappa shape index (κ3) is 2.69. The molecule has 1 unspecified atom stereocenters. The third-order valence-corrected chi connectivity index (χ3v) is 3.57. The van der Waals surface area contributed by atoms with Crippen LogP contribution in [0, 0.1) is 13.8 Å². The molecule has 2 N–H and O–H groups in total. The zero-order valence-corrected chi connectivity index (χ0v) is 13.1. The summed E-state index contributed by atoms with van der Waals surface area (Å²) in [6.45, 7) is 12.1. The minimum Gasteiger partial charge on any atom is -0.351 e. The van der Waals surface area contributed by atoms with Crippen molar-refractivity contribution in [2.24, 2.45) is 4.99 Å². The largest absolute Gasteiger partial charge is 0.351 e. The molecule has 0 radical (unpaired) electrons. The van der Waals surface area contributed by atoms with E-state index in [-0.39, 0.29) is 11.4 Å². The Morgan fingerprint density at radius 1 is 1.20 bits per heavy atom. The number of benzene rings is 1. The quantitative estimate of drug-likeness (QED) is 0.825. The summed E-state index contributed by atoms with van der Waals surface area (Å²) in [6, 6.07) is 6.05. The van der Waals surface area contributed by atoms with Crippen molar-refractivity contribution < 1.29 is 4.79 Å². The van der Waals surface area contributed by atoms with Gasteiger partial charge in [0.1, 0.15) is 0 Å². The number of carbonyl (C=O) groups is 1. The summed E-state index contributed by atoms with van der Waals surface area (Å²) < 4.78 is 0. The summed E-state index contributed by atoms with van der Waals surface area (Å²) in [5.74, 6) is 0.454. The van der Waals surface area contributed by atoms with Gasteiger partial charge in [-0.05, 0) is 58.2 Å². The van der Waals surface area contributed by atoms with Gasteiger partial charge in [-0.1, -0.05) is 18.2 Å². The molecular weight excluding hydrogens is 250 g/mol. The molecule has 1 aromatic rings. The van der Waals surface area contributed by atoms with E-state index in [0.29, 0.717) is 5.96 Å². The van der Waals surface area contributed by atoms with E-state index >= 15 is 0 Å². The van der Waals surface area contributed by atoms with Crippen molar-refractivity contribution in [2.45, 2.75) is 52.6 Å².